The summed E-state index contributed by atoms with van der Waals surface area (Å²) in [5.74, 6) is 0.315. The normalized spacial score (nSPS) is 13.7. The minimum atomic E-state index is 0.315. The van der Waals surface area contributed by atoms with Crippen LogP contribution in [0.5, 0.6) is 0 Å². The van der Waals surface area contributed by atoms with E-state index in [-0.39, 0.29) is 0 Å². The molecule has 0 saturated carbocycles. The van der Waals surface area contributed by atoms with Crippen molar-refractivity contribution in [2.75, 3.05) is 0 Å². The van der Waals surface area contributed by atoms with Gasteiger partial charge in [0.05, 0.1) is 0 Å². The summed E-state index contributed by atoms with van der Waals surface area (Å²) in [5, 5.41) is 0. The molecule has 0 atom stereocenters. The molecule has 0 radical (unpaired) electrons. The molecule has 0 bridgehead atoms. The van der Waals surface area contributed by atoms with Crippen molar-refractivity contribution in [1.29, 1.82) is 0 Å². The van der Waals surface area contributed by atoms with E-state index < -0.39 is 0 Å². The number of benzene rings is 1. The lowest BCUT2D eigenvalue weighted by atomic mass is 9.94. The lowest BCUT2D eigenvalue weighted by Crippen LogP contribution is -2.02. The predicted molar refractivity (Wildman–Crippen MR) is 62.8 cm³/mol. The summed E-state index contributed by atoms with van der Waals surface area (Å²) in [6.45, 7) is 1.92. The lowest BCUT2D eigenvalue weighted by molar-refractivity contribution is -0.118. The molecule has 1 aliphatic carbocycles. The van der Waals surface area contributed by atoms with E-state index in [2.05, 4.69) is 30.4 Å². The van der Waals surface area contributed by atoms with Gasteiger partial charge < -0.3 is 0 Å². The maximum absolute atomic E-state index is 11.3. The van der Waals surface area contributed by atoms with E-state index in [4.69, 9.17) is 0 Å². The van der Waals surface area contributed by atoms with E-state index in [0.29, 0.717) is 18.6 Å². The highest BCUT2D eigenvalue weighted by atomic mass is 16.1. The molecule has 1 aromatic rings. The first-order valence-electron chi connectivity index (χ1n) is 5.59. The van der Waals surface area contributed by atoms with Crippen LogP contribution >= 0.6 is 0 Å². The molecule has 0 aliphatic heterocycles. The van der Waals surface area contributed by atoms with Gasteiger partial charge in [0.1, 0.15) is 5.78 Å². The van der Waals surface area contributed by atoms with E-state index in [9.17, 15) is 4.79 Å². The Morgan fingerprint density at radius 3 is 3.07 bits per heavy atom. The third-order valence-electron chi connectivity index (χ3n) is 2.88. The Morgan fingerprint density at radius 1 is 1.40 bits per heavy atom. The SMILES string of the molecule is CCC(=O)Cc1ccc2c(c1)C=CCC2. The largest absolute Gasteiger partial charge is 0.299 e. The number of aryl methyl sites for hydroxylation is 1. The summed E-state index contributed by atoms with van der Waals surface area (Å²) in [6, 6.07) is 6.40. The average molecular weight is 200 g/mol. The number of fused-ring (bicyclic) bond motifs is 1. The molecule has 0 N–H and O–H groups in total. The summed E-state index contributed by atoms with van der Waals surface area (Å²) < 4.78 is 0. The molecule has 0 fully saturated rings. The van der Waals surface area contributed by atoms with Gasteiger partial charge >= 0.3 is 0 Å². The summed E-state index contributed by atoms with van der Waals surface area (Å²) in [4.78, 5) is 11.3. The Balaban J connectivity index is 2.22. The maximum Gasteiger partial charge on any atom is 0.136 e. The lowest BCUT2D eigenvalue weighted by Gasteiger charge is -2.11. The summed E-state index contributed by atoms with van der Waals surface area (Å²) >= 11 is 0. The number of carbonyl (C=O) groups excluding carboxylic acids is 1. The number of carbonyl (C=O) groups is 1. The molecule has 0 spiro atoms. The molecule has 0 amide bonds. The average Bonchev–Trinajstić information content (AvgIpc) is 2.29. The van der Waals surface area contributed by atoms with Crippen molar-refractivity contribution in [2.24, 2.45) is 0 Å². The summed E-state index contributed by atoms with van der Waals surface area (Å²) in [5.41, 5.74) is 3.85. The number of Topliss-reactive ketones (excluding diaryl/α,β-unsaturated/α-hetero) is 1. The topological polar surface area (TPSA) is 17.1 Å². The van der Waals surface area contributed by atoms with Crippen LogP contribution < -0.4 is 0 Å². The van der Waals surface area contributed by atoms with Crippen molar-refractivity contribution in [3.8, 4) is 0 Å². The monoisotopic (exact) mass is 200 g/mol. The van der Waals surface area contributed by atoms with Crippen LogP contribution in [0.15, 0.2) is 24.3 Å². The van der Waals surface area contributed by atoms with Gasteiger partial charge in [0.25, 0.3) is 0 Å². The molecule has 0 unspecified atom stereocenters. The zero-order valence-corrected chi connectivity index (χ0v) is 9.12. The van der Waals surface area contributed by atoms with Gasteiger partial charge in [-0.1, -0.05) is 37.3 Å². The molecule has 1 nitrogen and oxygen atoms in total. The van der Waals surface area contributed by atoms with Crippen LogP contribution in [0.2, 0.25) is 0 Å². The molecule has 0 heterocycles. The minimum Gasteiger partial charge on any atom is -0.299 e. The third-order valence-corrected chi connectivity index (χ3v) is 2.88. The molecule has 0 aromatic heterocycles. The number of rotatable bonds is 3. The van der Waals surface area contributed by atoms with Gasteiger partial charge in [-0.2, -0.15) is 0 Å². The highest BCUT2D eigenvalue weighted by Crippen LogP contribution is 2.20. The maximum atomic E-state index is 11.3. The van der Waals surface area contributed by atoms with Crippen LogP contribution in [0.25, 0.3) is 6.08 Å². The van der Waals surface area contributed by atoms with Gasteiger partial charge in [0.15, 0.2) is 0 Å². The molecule has 0 saturated heterocycles. The van der Waals surface area contributed by atoms with Crippen LogP contribution in [0, 0.1) is 0 Å². The molecule has 78 valence electrons. The van der Waals surface area contributed by atoms with Crippen LogP contribution in [0.3, 0.4) is 0 Å². The van der Waals surface area contributed by atoms with Gasteiger partial charge in [-0.3, -0.25) is 4.79 Å². The fraction of sp³-hybridized carbons (Fsp3) is 0.357. The Hall–Kier alpha value is -1.37. The second-order valence-electron chi connectivity index (χ2n) is 4.04. The van der Waals surface area contributed by atoms with E-state index in [1.807, 2.05) is 6.92 Å². The number of hydrogen-bond acceptors (Lipinski definition) is 1. The first-order chi connectivity index (χ1) is 7.29. The van der Waals surface area contributed by atoms with Crippen LogP contribution in [0.1, 0.15) is 36.5 Å². The molecule has 1 heteroatoms. The second kappa shape index (κ2) is 4.43. The predicted octanol–water partition coefficient (Wildman–Crippen LogP) is 3.17. The summed E-state index contributed by atoms with van der Waals surface area (Å²) in [7, 11) is 0. The van der Waals surface area contributed by atoms with Gasteiger partial charge in [-0.25, -0.2) is 0 Å². The molecule has 1 aromatic carbocycles. The first kappa shape index (κ1) is 10.2. The molecular formula is C14H16O. The van der Waals surface area contributed by atoms with E-state index in [0.717, 1.165) is 18.4 Å². The molecule has 15 heavy (non-hydrogen) atoms. The standard InChI is InChI=1S/C14H16O/c1-2-14(15)10-11-7-8-12-5-3-4-6-13(12)9-11/h4,6-9H,2-3,5,10H2,1H3. The minimum absolute atomic E-state index is 0.315. The quantitative estimate of drug-likeness (QED) is 0.732. The van der Waals surface area contributed by atoms with Crippen LogP contribution in [-0.2, 0) is 17.6 Å². The van der Waals surface area contributed by atoms with Crippen LogP contribution in [-0.4, -0.2) is 5.78 Å². The Labute approximate surface area is 90.8 Å². The number of hydrogen-bond donors (Lipinski definition) is 0. The fourth-order valence-electron chi connectivity index (χ4n) is 1.94. The van der Waals surface area contributed by atoms with E-state index >= 15 is 0 Å². The van der Waals surface area contributed by atoms with Crippen molar-refractivity contribution in [1.82, 2.24) is 0 Å². The van der Waals surface area contributed by atoms with Gasteiger partial charge in [-0.15, -0.1) is 0 Å². The third kappa shape index (κ3) is 2.35. The number of allylic oxidation sites excluding steroid dienone is 1. The second-order valence-corrected chi connectivity index (χ2v) is 4.04. The zero-order valence-electron chi connectivity index (χ0n) is 9.12. The van der Waals surface area contributed by atoms with Crippen molar-refractivity contribution in [3.05, 3.63) is 41.0 Å². The van der Waals surface area contributed by atoms with Crippen LogP contribution in [0.4, 0.5) is 0 Å². The Kier molecular flexibility index (Phi) is 3.00. The van der Waals surface area contributed by atoms with E-state index in [1.54, 1.807) is 0 Å². The molecule has 1 aliphatic rings. The van der Waals surface area contributed by atoms with Gasteiger partial charge in [0.2, 0.25) is 0 Å². The van der Waals surface area contributed by atoms with Crippen molar-refractivity contribution < 1.29 is 4.79 Å². The van der Waals surface area contributed by atoms with Gasteiger partial charge in [0, 0.05) is 12.8 Å². The van der Waals surface area contributed by atoms with Crippen molar-refractivity contribution in [3.63, 3.8) is 0 Å². The highest BCUT2D eigenvalue weighted by molar-refractivity contribution is 5.80. The zero-order chi connectivity index (χ0) is 10.7. The van der Waals surface area contributed by atoms with Crippen molar-refractivity contribution in [2.45, 2.75) is 32.6 Å². The molecular weight excluding hydrogens is 184 g/mol. The highest BCUT2D eigenvalue weighted by Gasteiger charge is 2.06. The van der Waals surface area contributed by atoms with E-state index in [1.165, 1.54) is 11.1 Å². The number of ketones is 1. The first-order valence-corrected chi connectivity index (χ1v) is 5.59. The van der Waals surface area contributed by atoms with Crippen molar-refractivity contribution >= 4 is 11.9 Å². The summed E-state index contributed by atoms with van der Waals surface area (Å²) in [6.07, 6.45) is 7.85. The Morgan fingerprint density at radius 2 is 2.27 bits per heavy atom. The smallest absolute Gasteiger partial charge is 0.136 e. The fourth-order valence-corrected chi connectivity index (χ4v) is 1.94. The Bertz CT molecular complexity index is 402. The van der Waals surface area contributed by atoms with Gasteiger partial charge in [-0.05, 0) is 29.5 Å². The molecule has 2 rings (SSSR count).